The summed E-state index contributed by atoms with van der Waals surface area (Å²) >= 11 is 14.9. The van der Waals surface area contributed by atoms with Gasteiger partial charge in [0.05, 0.1) is 33.8 Å². The molecule has 28 heavy (non-hydrogen) atoms. The van der Waals surface area contributed by atoms with Crippen LogP contribution in [0.15, 0.2) is 48.8 Å². The Balaban J connectivity index is 1.78. The molecule has 4 rings (SSSR count). The monoisotopic (exact) mass is 449 g/mol. The van der Waals surface area contributed by atoms with E-state index in [2.05, 4.69) is 9.97 Å². The number of anilines is 1. The lowest BCUT2D eigenvalue weighted by molar-refractivity contribution is 0.0985. The molecule has 0 aliphatic carbocycles. The molecular formula is C19H13Cl2N3O2S2. The Kier molecular flexibility index (Phi) is 5.50. The van der Waals surface area contributed by atoms with Crippen LogP contribution in [0.1, 0.15) is 15.9 Å². The Labute approximate surface area is 179 Å². The summed E-state index contributed by atoms with van der Waals surface area (Å²) in [7, 11) is 1.61. The van der Waals surface area contributed by atoms with Gasteiger partial charge in [-0.15, -0.1) is 11.3 Å². The average molecular weight is 450 g/mol. The topological polar surface area (TPSA) is 55.3 Å². The molecule has 4 aromatic rings. The molecule has 1 aromatic carbocycles. The highest BCUT2D eigenvalue weighted by molar-refractivity contribution is 7.22. The number of carbonyl (C=O) groups is 1. The molecule has 142 valence electrons. The van der Waals surface area contributed by atoms with E-state index in [1.165, 1.54) is 11.3 Å². The molecule has 0 saturated heterocycles. The predicted molar refractivity (Wildman–Crippen MR) is 115 cm³/mol. The van der Waals surface area contributed by atoms with Gasteiger partial charge in [0.2, 0.25) is 0 Å². The highest BCUT2D eigenvalue weighted by atomic mass is 35.5. The van der Waals surface area contributed by atoms with Crippen LogP contribution in [0, 0.1) is 0 Å². The SMILES string of the molecule is COc1ccc2nc(N(Cc3cccnc3)C(=O)c3cc(Cl)sc3Cl)sc2c1. The van der Waals surface area contributed by atoms with E-state index in [4.69, 9.17) is 27.9 Å². The molecule has 0 aliphatic rings. The minimum absolute atomic E-state index is 0.261. The Bertz CT molecular complexity index is 1140. The number of methoxy groups -OCH3 is 1. The van der Waals surface area contributed by atoms with Crippen LogP contribution in [0.3, 0.4) is 0 Å². The summed E-state index contributed by atoms with van der Waals surface area (Å²) in [6.07, 6.45) is 3.41. The van der Waals surface area contributed by atoms with Gasteiger partial charge < -0.3 is 4.74 Å². The van der Waals surface area contributed by atoms with Gasteiger partial charge in [0.1, 0.15) is 10.1 Å². The molecule has 3 aromatic heterocycles. The van der Waals surface area contributed by atoms with E-state index in [0.29, 0.717) is 25.9 Å². The van der Waals surface area contributed by atoms with Gasteiger partial charge in [0.25, 0.3) is 5.91 Å². The molecule has 0 saturated carbocycles. The molecule has 0 bridgehead atoms. The van der Waals surface area contributed by atoms with Crippen LogP contribution in [0.25, 0.3) is 10.2 Å². The Morgan fingerprint density at radius 3 is 2.75 bits per heavy atom. The second-order valence-corrected chi connectivity index (χ2v) is 9.12. The van der Waals surface area contributed by atoms with Crippen molar-refractivity contribution in [3.05, 3.63) is 68.6 Å². The van der Waals surface area contributed by atoms with Crippen molar-refractivity contribution >= 4 is 67.1 Å². The van der Waals surface area contributed by atoms with E-state index in [1.54, 1.807) is 30.5 Å². The minimum Gasteiger partial charge on any atom is -0.497 e. The van der Waals surface area contributed by atoms with Crippen LogP contribution in [-0.4, -0.2) is 23.0 Å². The highest BCUT2D eigenvalue weighted by Crippen LogP contribution is 2.36. The number of aromatic nitrogens is 2. The summed E-state index contributed by atoms with van der Waals surface area (Å²) < 4.78 is 7.02. The van der Waals surface area contributed by atoms with Gasteiger partial charge in [-0.25, -0.2) is 4.98 Å². The number of carbonyl (C=O) groups excluding carboxylic acids is 1. The maximum absolute atomic E-state index is 13.3. The summed E-state index contributed by atoms with van der Waals surface area (Å²) in [5.74, 6) is 0.475. The van der Waals surface area contributed by atoms with Crippen LogP contribution in [0.2, 0.25) is 8.67 Å². The highest BCUT2D eigenvalue weighted by Gasteiger charge is 2.25. The first-order valence-electron chi connectivity index (χ1n) is 8.15. The zero-order chi connectivity index (χ0) is 19.7. The van der Waals surface area contributed by atoms with Gasteiger partial charge in [-0.05, 0) is 35.9 Å². The fourth-order valence-corrected chi connectivity index (χ4v) is 5.11. The van der Waals surface area contributed by atoms with Gasteiger partial charge >= 0.3 is 0 Å². The lowest BCUT2D eigenvalue weighted by Gasteiger charge is -2.19. The van der Waals surface area contributed by atoms with Crippen LogP contribution in [0.4, 0.5) is 5.13 Å². The molecule has 0 aliphatic heterocycles. The number of rotatable bonds is 5. The maximum atomic E-state index is 13.3. The average Bonchev–Trinajstić information content (AvgIpc) is 3.27. The van der Waals surface area contributed by atoms with Crippen molar-refractivity contribution in [3.63, 3.8) is 0 Å². The number of pyridine rings is 1. The summed E-state index contributed by atoms with van der Waals surface area (Å²) in [5.41, 5.74) is 2.03. The molecule has 9 heteroatoms. The lowest BCUT2D eigenvalue weighted by atomic mass is 10.2. The number of nitrogens with zero attached hydrogens (tertiary/aromatic N) is 3. The Hall–Kier alpha value is -2.19. The second kappa shape index (κ2) is 8.05. The van der Waals surface area contributed by atoms with Crippen molar-refractivity contribution in [1.82, 2.24) is 9.97 Å². The van der Waals surface area contributed by atoms with E-state index in [1.807, 2.05) is 30.3 Å². The third-order valence-corrected chi connectivity index (χ3v) is 6.54. The third kappa shape index (κ3) is 3.84. The number of hydrogen-bond acceptors (Lipinski definition) is 6. The largest absolute Gasteiger partial charge is 0.497 e. The zero-order valence-electron chi connectivity index (χ0n) is 14.6. The predicted octanol–water partition coefficient (Wildman–Crippen LogP) is 5.92. The fourth-order valence-electron chi connectivity index (χ4n) is 2.67. The van der Waals surface area contributed by atoms with Crippen molar-refractivity contribution in [2.75, 3.05) is 12.0 Å². The summed E-state index contributed by atoms with van der Waals surface area (Å²) in [6.45, 7) is 0.313. The molecular weight excluding hydrogens is 437 g/mol. The molecule has 0 fully saturated rings. The maximum Gasteiger partial charge on any atom is 0.262 e. The second-order valence-electron chi connectivity index (χ2n) is 5.82. The summed E-state index contributed by atoms with van der Waals surface area (Å²) in [6, 6.07) is 10.9. The van der Waals surface area contributed by atoms with Crippen molar-refractivity contribution in [2.45, 2.75) is 6.54 Å². The number of thiazole rings is 1. The first-order valence-corrected chi connectivity index (χ1v) is 10.5. The van der Waals surface area contributed by atoms with Gasteiger partial charge in [0.15, 0.2) is 5.13 Å². The number of fused-ring (bicyclic) bond motifs is 1. The van der Waals surface area contributed by atoms with Crippen LogP contribution < -0.4 is 9.64 Å². The molecule has 1 amide bonds. The Morgan fingerprint density at radius 2 is 2.07 bits per heavy atom. The van der Waals surface area contributed by atoms with Crippen molar-refractivity contribution < 1.29 is 9.53 Å². The van der Waals surface area contributed by atoms with E-state index in [-0.39, 0.29) is 5.91 Å². The molecule has 0 radical (unpaired) electrons. The van der Waals surface area contributed by atoms with Gasteiger partial charge in [-0.3, -0.25) is 14.7 Å². The normalized spacial score (nSPS) is 11.0. The minimum atomic E-state index is -0.261. The quantitative estimate of drug-likeness (QED) is 0.379. The Morgan fingerprint density at radius 1 is 1.21 bits per heavy atom. The van der Waals surface area contributed by atoms with Crippen molar-refractivity contribution in [1.29, 1.82) is 0 Å². The third-order valence-electron chi connectivity index (χ3n) is 4.01. The first-order chi connectivity index (χ1) is 13.5. The number of halogens is 2. The lowest BCUT2D eigenvalue weighted by Crippen LogP contribution is -2.30. The van der Waals surface area contributed by atoms with Gasteiger partial charge in [-0.2, -0.15) is 0 Å². The number of hydrogen-bond donors (Lipinski definition) is 0. The summed E-state index contributed by atoms with van der Waals surface area (Å²) in [5, 5.41) is 0.565. The molecule has 0 spiro atoms. The van der Waals surface area contributed by atoms with Gasteiger partial charge in [-0.1, -0.05) is 40.6 Å². The van der Waals surface area contributed by atoms with Crippen LogP contribution >= 0.6 is 45.9 Å². The molecule has 5 nitrogen and oxygen atoms in total. The number of amides is 1. The van der Waals surface area contributed by atoms with Crippen LogP contribution in [0.5, 0.6) is 5.75 Å². The molecule has 3 heterocycles. The fraction of sp³-hybridized carbons (Fsp3) is 0.105. The van der Waals surface area contributed by atoms with E-state index >= 15 is 0 Å². The van der Waals surface area contributed by atoms with Crippen molar-refractivity contribution in [3.8, 4) is 5.75 Å². The molecule has 0 N–H and O–H groups in total. The van der Waals surface area contributed by atoms with Crippen LogP contribution in [-0.2, 0) is 6.54 Å². The molecule has 0 unspecified atom stereocenters. The van der Waals surface area contributed by atoms with Gasteiger partial charge in [0, 0.05) is 12.4 Å². The van der Waals surface area contributed by atoms with E-state index in [0.717, 1.165) is 32.9 Å². The number of thiophene rings is 1. The number of benzene rings is 1. The summed E-state index contributed by atoms with van der Waals surface area (Å²) in [4.78, 5) is 23.7. The van der Waals surface area contributed by atoms with E-state index in [9.17, 15) is 4.79 Å². The number of ether oxygens (including phenoxy) is 1. The van der Waals surface area contributed by atoms with E-state index < -0.39 is 0 Å². The molecule has 0 atom stereocenters. The first kappa shape index (κ1) is 19.1. The zero-order valence-corrected chi connectivity index (χ0v) is 17.7. The smallest absolute Gasteiger partial charge is 0.262 e. The van der Waals surface area contributed by atoms with Crippen molar-refractivity contribution in [2.24, 2.45) is 0 Å². The standard InChI is InChI=1S/C19H13Cl2N3O2S2/c1-26-12-4-5-14-15(7-12)27-19(23-14)24(10-11-3-2-6-22-9-11)18(25)13-8-16(20)28-17(13)21/h2-9H,10H2,1H3.